The third kappa shape index (κ3) is 7.61. The first-order valence-electron chi connectivity index (χ1n) is 10.7. The summed E-state index contributed by atoms with van der Waals surface area (Å²) in [7, 11) is 0. The topological polar surface area (TPSA) is 111 Å². The number of nitrogens with two attached hydrogens (primary N) is 1. The Labute approximate surface area is 193 Å². The highest BCUT2D eigenvalue weighted by molar-refractivity contribution is 6.25. The number of amides is 1. The van der Waals surface area contributed by atoms with E-state index in [9.17, 15) is 14.7 Å². The lowest BCUT2D eigenvalue weighted by molar-refractivity contribution is -0.149. The minimum absolute atomic E-state index is 0.181. The zero-order valence-electron chi connectivity index (χ0n) is 17.7. The van der Waals surface area contributed by atoms with Crippen LogP contribution < -0.4 is 11.1 Å². The van der Waals surface area contributed by atoms with Crippen molar-refractivity contribution in [3.8, 4) is 0 Å². The number of carbonyl (C=O) groups is 2. The van der Waals surface area contributed by atoms with Crippen LogP contribution in [0.1, 0.15) is 31.7 Å². The van der Waals surface area contributed by atoms with Gasteiger partial charge in [0, 0.05) is 13.0 Å². The highest BCUT2D eigenvalue weighted by atomic mass is 35.5. The Morgan fingerprint density at radius 1 is 1.26 bits per heavy atom. The van der Waals surface area contributed by atoms with E-state index in [1.54, 1.807) is 6.92 Å². The van der Waals surface area contributed by atoms with Gasteiger partial charge in [-0.15, -0.1) is 23.2 Å². The van der Waals surface area contributed by atoms with Crippen LogP contribution in [0.3, 0.4) is 0 Å². The summed E-state index contributed by atoms with van der Waals surface area (Å²) in [5, 5.41) is 12.0. The monoisotopic (exact) mass is 474 g/mol. The Hall–Kier alpha value is -1.38. The molecule has 0 aromatic heterocycles. The molecular weight excluding hydrogens is 443 g/mol. The number of esters is 1. The molecule has 1 aromatic rings. The number of nitrogens with one attached hydrogen (secondary N) is 1. The van der Waals surface area contributed by atoms with Crippen molar-refractivity contribution >= 4 is 35.1 Å². The molecule has 1 aliphatic rings. The molecule has 9 heteroatoms. The lowest BCUT2D eigenvalue weighted by Gasteiger charge is -2.39. The van der Waals surface area contributed by atoms with Crippen LogP contribution in [0.5, 0.6) is 0 Å². The van der Waals surface area contributed by atoms with Crippen LogP contribution in [0.4, 0.5) is 0 Å². The molecule has 2 rings (SSSR count). The Kier molecular flexibility index (Phi) is 11.0. The Morgan fingerprint density at radius 3 is 2.61 bits per heavy atom. The van der Waals surface area contributed by atoms with Crippen LogP contribution in [-0.4, -0.2) is 65.7 Å². The van der Waals surface area contributed by atoms with Crippen molar-refractivity contribution < 1.29 is 24.2 Å². The molecule has 1 saturated carbocycles. The maximum Gasteiger partial charge on any atom is 0.328 e. The molecule has 0 saturated heterocycles. The number of benzene rings is 1. The highest BCUT2D eigenvalue weighted by Crippen LogP contribution is 2.34. The summed E-state index contributed by atoms with van der Waals surface area (Å²) in [6, 6.07) is 8.43. The van der Waals surface area contributed by atoms with E-state index in [-0.39, 0.29) is 19.4 Å². The number of aliphatic hydroxyl groups is 1. The quantitative estimate of drug-likeness (QED) is 0.257. The molecule has 1 amide bonds. The van der Waals surface area contributed by atoms with Gasteiger partial charge in [0.2, 0.25) is 5.91 Å². The van der Waals surface area contributed by atoms with E-state index < -0.39 is 46.8 Å². The van der Waals surface area contributed by atoms with Crippen LogP contribution in [0, 0.1) is 5.92 Å². The smallest absolute Gasteiger partial charge is 0.328 e. The molecule has 0 heterocycles. The molecule has 7 nitrogen and oxygen atoms in total. The third-order valence-electron chi connectivity index (χ3n) is 5.30. The van der Waals surface area contributed by atoms with Gasteiger partial charge in [-0.2, -0.15) is 0 Å². The van der Waals surface area contributed by atoms with Gasteiger partial charge < -0.3 is 25.6 Å². The van der Waals surface area contributed by atoms with Gasteiger partial charge in [-0.25, -0.2) is 4.79 Å². The molecule has 6 atom stereocenters. The van der Waals surface area contributed by atoms with E-state index in [0.29, 0.717) is 13.2 Å². The number of aliphatic hydroxyl groups excluding tert-OH is 1. The Bertz CT molecular complexity index is 694. The van der Waals surface area contributed by atoms with E-state index in [0.717, 1.165) is 18.4 Å². The summed E-state index contributed by atoms with van der Waals surface area (Å²) in [5.41, 5.74) is 6.36. The first-order chi connectivity index (χ1) is 14.9. The van der Waals surface area contributed by atoms with Crippen LogP contribution in [-0.2, 0) is 25.5 Å². The predicted molar refractivity (Wildman–Crippen MR) is 120 cm³/mol. The van der Waals surface area contributed by atoms with E-state index in [1.807, 2.05) is 30.3 Å². The van der Waals surface area contributed by atoms with Gasteiger partial charge in [0.1, 0.15) is 6.04 Å². The summed E-state index contributed by atoms with van der Waals surface area (Å²) in [5.74, 6) is -1.88. The van der Waals surface area contributed by atoms with Crippen LogP contribution in [0.15, 0.2) is 30.3 Å². The van der Waals surface area contributed by atoms with Crippen LogP contribution in [0.25, 0.3) is 0 Å². The number of hydrogen-bond acceptors (Lipinski definition) is 6. The van der Waals surface area contributed by atoms with Gasteiger partial charge >= 0.3 is 5.97 Å². The van der Waals surface area contributed by atoms with Gasteiger partial charge in [0.25, 0.3) is 0 Å². The second-order valence-electron chi connectivity index (χ2n) is 7.63. The fourth-order valence-corrected chi connectivity index (χ4v) is 4.54. The van der Waals surface area contributed by atoms with Gasteiger partial charge in [-0.3, -0.25) is 4.79 Å². The van der Waals surface area contributed by atoms with Gasteiger partial charge in [-0.1, -0.05) is 30.3 Å². The summed E-state index contributed by atoms with van der Waals surface area (Å²) >= 11 is 12.9. The number of carbonyl (C=O) groups excluding carboxylic acids is 2. The Balaban J connectivity index is 2.03. The molecule has 0 bridgehead atoms. The summed E-state index contributed by atoms with van der Waals surface area (Å²) in [4.78, 5) is 25.4. The van der Waals surface area contributed by atoms with Crippen molar-refractivity contribution in [3.63, 3.8) is 0 Å². The number of alkyl halides is 2. The largest absolute Gasteiger partial charge is 0.464 e. The fraction of sp³-hybridized carbons (Fsp3) is 0.636. The van der Waals surface area contributed by atoms with Crippen molar-refractivity contribution in [2.24, 2.45) is 11.7 Å². The molecule has 0 spiro atoms. The molecule has 5 unspecified atom stereocenters. The van der Waals surface area contributed by atoms with Crippen LogP contribution >= 0.6 is 23.2 Å². The minimum Gasteiger partial charge on any atom is -0.464 e. The molecule has 1 fully saturated rings. The lowest BCUT2D eigenvalue weighted by atomic mass is 9.83. The molecule has 31 heavy (non-hydrogen) atoms. The summed E-state index contributed by atoms with van der Waals surface area (Å²) in [6.45, 7) is 2.90. The van der Waals surface area contributed by atoms with Crippen molar-refractivity contribution in [2.75, 3.05) is 19.8 Å². The number of halogens is 2. The normalized spacial score (nSPS) is 26.8. The Morgan fingerprint density at radius 2 is 1.97 bits per heavy atom. The average Bonchev–Trinajstić information content (AvgIpc) is 2.76. The van der Waals surface area contributed by atoms with E-state index in [4.69, 9.17) is 38.4 Å². The number of unbranched alkanes of at least 4 members (excludes halogenated alkanes) is 1. The minimum atomic E-state index is -1.16. The SMILES string of the molecule is CCOC(=O)[C@H](Cc1ccccc1)NC(=O)C1CC(Cl)C(OCCCCN)C(Cl)C1O. The first kappa shape index (κ1) is 25.9. The van der Waals surface area contributed by atoms with Crippen molar-refractivity contribution in [1.29, 1.82) is 0 Å². The lowest BCUT2D eigenvalue weighted by Crippen LogP contribution is -2.56. The third-order valence-corrected chi connectivity index (χ3v) is 6.24. The molecule has 1 aromatic carbocycles. The predicted octanol–water partition coefficient (Wildman–Crippen LogP) is 2.00. The van der Waals surface area contributed by atoms with Crippen molar-refractivity contribution in [3.05, 3.63) is 35.9 Å². The van der Waals surface area contributed by atoms with Gasteiger partial charge in [0.15, 0.2) is 0 Å². The van der Waals surface area contributed by atoms with Gasteiger partial charge in [-0.05, 0) is 38.3 Å². The molecule has 0 aliphatic heterocycles. The molecule has 4 N–H and O–H groups in total. The maximum atomic E-state index is 13.0. The number of ether oxygens (including phenoxy) is 2. The molecular formula is C22H32Cl2N2O5. The van der Waals surface area contributed by atoms with E-state index in [2.05, 4.69) is 5.32 Å². The van der Waals surface area contributed by atoms with E-state index in [1.165, 1.54) is 0 Å². The number of hydrogen-bond donors (Lipinski definition) is 3. The second kappa shape index (κ2) is 13.2. The number of rotatable bonds is 11. The highest BCUT2D eigenvalue weighted by Gasteiger charge is 2.46. The van der Waals surface area contributed by atoms with Crippen molar-refractivity contribution in [1.82, 2.24) is 5.32 Å². The fourth-order valence-electron chi connectivity index (χ4n) is 3.62. The average molecular weight is 475 g/mol. The van der Waals surface area contributed by atoms with Crippen LogP contribution in [0.2, 0.25) is 0 Å². The van der Waals surface area contributed by atoms with E-state index >= 15 is 0 Å². The van der Waals surface area contributed by atoms with Crippen molar-refractivity contribution in [2.45, 2.75) is 61.6 Å². The second-order valence-corrected chi connectivity index (χ2v) is 8.69. The summed E-state index contributed by atoms with van der Waals surface area (Å²) in [6.07, 6.45) is 0.300. The molecule has 174 valence electrons. The summed E-state index contributed by atoms with van der Waals surface area (Å²) < 4.78 is 10.9. The molecule has 1 aliphatic carbocycles. The standard InChI is InChI=1S/C22H32Cl2N2O5/c1-2-30-22(29)17(12-14-8-4-3-5-9-14)26-21(28)15-13-16(23)20(18(24)19(15)27)31-11-7-6-10-25/h3-5,8-9,15-20,27H,2,6-7,10-13,25H2,1H3,(H,26,28)/t15?,16?,17-,18?,19?,20?/m0/s1. The zero-order chi connectivity index (χ0) is 22.8. The first-order valence-corrected chi connectivity index (χ1v) is 11.5. The van der Waals surface area contributed by atoms with Gasteiger partial charge in [0.05, 0.1) is 35.5 Å². The maximum absolute atomic E-state index is 13.0. The molecule has 0 radical (unpaired) electrons. The zero-order valence-corrected chi connectivity index (χ0v) is 19.2.